The standard InChI is InChI=1S/C19H20N2O3S/c1-25-9-3-8-20-19(23)15-5-2-4-13(10-15)14-6-7-17-16(11-14)21-18(22)12-24-17/h2,4-7,10-11H,3,8-9,12H2,1H3,(H,20,23)(H,21,22). The van der Waals surface area contributed by atoms with Crippen LogP contribution in [0.3, 0.4) is 0 Å². The first-order chi connectivity index (χ1) is 12.2. The first-order valence-corrected chi connectivity index (χ1v) is 9.51. The van der Waals surface area contributed by atoms with Crippen LogP contribution in [0, 0.1) is 0 Å². The summed E-state index contributed by atoms with van der Waals surface area (Å²) in [5.74, 6) is 1.45. The highest BCUT2D eigenvalue weighted by Gasteiger charge is 2.16. The highest BCUT2D eigenvalue weighted by atomic mass is 32.2. The second kappa shape index (κ2) is 8.07. The Morgan fingerprint density at radius 2 is 2.08 bits per heavy atom. The number of fused-ring (bicyclic) bond motifs is 1. The number of anilines is 1. The van der Waals surface area contributed by atoms with E-state index in [1.54, 1.807) is 17.8 Å². The molecule has 1 aliphatic heterocycles. The third-order valence-corrected chi connectivity index (χ3v) is 4.58. The van der Waals surface area contributed by atoms with Gasteiger partial charge in [0.2, 0.25) is 0 Å². The number of carbonyl (C=O) groups excluding carboxylic acids is 2. The van der Waals surface area contributed by atoms with E-state index >= 15 is 0 Å². The molecule has 1 aliphatic rings. The molecule has 2 N–H and O–H groups in total. The zero-order chi connectivity index (χ0) is 17.6. The van der Waals surface area contributed by atoms with Crippen molar-refractivity contribution < 1.29 is 14.3 Å². The van der Waals surface area contributed by atoms with Crippen molar-refractivity contribution in [1.82, 2.24) is 5.32 Å². The van der Waals surface area contributed by atoms with E-state index in [-0.39, 0.29) is 18.4 Å². The number of hydrogen-bond acceptors (Lipinski definition) is 4. The topological polar surface area (TPSA) is 67.4 Å². The molecule has 2 aromatic rings. The summed E-state index contributed by atoms with van der Waals surface area (Å²) in [6, 6.07) is 13.1. The van der Waals surface area contributed by atoms with Gasteiger partial charge in [0.1, 0.15) is 5.75 Å². The lowest BCUT2D eigenvalue weighted by atomic mass is 10.0. The predicted octanol–water partition coefficient (Wildman–Crippen LogP) is 3.17. The van der Waals surface area contributed by atoms with Crippen molar-refractivity contribution in [1.29, 1.82) is 0 Å². The normalized spacial score (nSPS) is 12.8. The number of thioether (sulfide) groups is 1. The summed E-state index contributed by atoms with van der Waals surface area (Å²) in [5, 5.41) is 5.74. The number of amides is 2. The third kappa shape index (κ3) is 4.33. The van der Waals surface area contributed by atoms with Gasteiger partial charge in [0.05, 0.1) is 5.69 Å². The van der Waals surface area contributed by atoms with Gasteiger partial charge in [0.15, 0.2) is 6.61 Å². The van der Waals surface area contributed by atoms with Gasteiger partial charge in [0, 0.05) is 12.1 Å². The molecule has 0 unspecified atom stereocenters. The Hall–Kier alpha value is -2.47. The van der Waals surface area contributed by atoms with Crippen LogP contribution in [0.5, 0.6) is 5.75 Å². The van der Waals surface area contributed by atoms with E-state index < -0.39 is 0 Å². The summed E-state index contributed by atoms with van der Waals surface area (Å²) in [4.78, 5) is 23.7. The van der Waals surface area contributed by atoms with E-state index in [1.807, 2.05) is 36.4 Å². The first kappa shape index (κ1) is 17.4. The van der Waals surface area contributed by atoms with Gasteiger partial charge in [-0.2, -0.15) is 11.8 Å². The van der Waals surface area contributed by atoms with Crippen molar-refractivity contribution >= 4 is 29.3 Å². The fourth-order valence-electron chi connectivity index (χ4n) is 2.62. The van der Waals surface area contributed by atoms with Crippen LogP contribution in [0.15, 0.2) is 42.5 Å². The first-order valence-electron chi connectivity index (χ1n) is 8.11. The van der Waals surface area contributed by atoms with Crippen LogP contribution in [-0.4, -0.2) is 37.0 Å². The van der Waals surface area contributed by atoms with Crippen LogP contribution in [0.25, 0.3) is 11.1 Å². The maximum absolute atomic E-state index is 12.3. The molecule has 0 saturated heterocycles. The van der Waals surface area contributed by atoms with Crippen molar-refractivity contribution in [2.75, 3.05) is 30.5 Å². The zero-order valence-corrected chi connectivity index (χ0v) is 14.8. The van der Waals surface area contributed by atoms with E-state index in [0.29, 0.717) is 23.5 Å². The van der Waals surface area contributed by atoms with Crippen LogP contribution in [0.2, 0.25) is 0 Å². The number of rotatable bonds is 6. The SMILES string of the molecule is CSCCCNC(=O)c1cccc(-c2ccc3c(c2)NC(=O)CO3)c1. The number of ether oxygens (including phenoxy) is 1. The van der Waals surface area contributed by atoms with E-state index in [2.05, 4.69) is 16.9 Å². The Morgan fingerprint density at radius 3 is 2.92 bits per heavy atom. The molecule has 130 valence electrons. The summed E-state index contributed by atoms with van der Waals surface area (Å²) in [5.41, 5.74) is 3.11. The number of hydrogen-bond donors (Lipinski definition) is 2. The lowest BCUT2D eigenvalue weighted by molar-refractivity contribution is -0.118. The molecule has 3 rings (SSSR count). The van der Waals surface area contributed by atoms with Gasteiger partial charge in [-0.3, -0.25) is 9.59 Å². The minimum atomic E-state index is -0.164. The molecule has 0 spiro atoms. The third-order valence-electron chi connectivity index (χ3n) is 3.88. The molecular formula is C19H20N2O3S. The quantitative estimate of drug-likeness (QED) is 0.780. The zero-order valence-electron chi connectivity index (χ0n) is 14.0. The minimum absolute atomic E-state index is 0.0402. The average molecular weight is 356 g/mol. The Morgan fingerprint density at radius 1 is 1.24 bits per heavy atom. The Kier molecular flexibility index (Phi) is 5.60. The Balaban J connectivity index is 1.76. The maximum Gasteiger partial charge on any atom is 0.262 e. The van der Waals surface area contributed by atoms with Crippen molar-refractivity contribution in [2.45, 2.75) is 6.42 Å². The Bertz CT molecular complexity index is 792. The van der Waals surface area contributed by atoms with Crippen LogP contribution in [-0.2, 0) is 4.79 Å². The van der Waals surface area contributed by atoms with E-state index in [1.165, 1.54) is 0 Å². The summed E-state index contributed by atoms with van der Waals surface area (Å²) < 4.78 is 5.37. The van der Waals surface area contributed by atoms with Gasteiger partial charge in [0.25, 0.3) is 11.8 Å². The summed E-state index contributed by atoms with van der Waals surface area (Å²) in [6.45, 7) is 0.713. The minimum Gasteiger partial charge on any atom is -0.482 e. The predicted molar refractivity (Wildman–Crippen MR) is 101 cm³/mol. The molecule has 1 heterocycles. The molecule has 6 heteroatoms. The van der Waals surface area contributed by atoms with Crippen molar-refractivity contribution in [3.63, 3.8) is 0 Å². The number of nitrogens with one attached hydrogen (secondary N) is 2. The molecule has 5 nitrogen and oxygen atoms in total. The average Bonchev–Trinajstić information content (AvgIpc) is 2.64. The van der Waals surface area contributed by atoms with E-state index in [9.17, 15) is 9.59 Å². The molecule has 2 amide bonds. The van der Waals surface area contributed by atoms with Gasteiger partial charge in [-0.1, -0.05) is 18.2 Å². The summed E-state index contributed by atoms with van der Waals surface area (Å²) in [7, 11) is 0. The van der Waals surface area contributed by atoms with Crippen LogP contribution in [0.1, 0.15) is 16.8 Å². The van der Waals surface area contributed by atoms with Crippen LogP contribution >= 0.6 is 11.8 Å². The van der Waals surface area contributed by atoms with Crippen molar-refractivity contribution in [3.05, 3.63) is 48.0 Å². The summed E-state index contributed by atoms with van der Waals surface area (Å²) >= 11 is 1.77. The molecular weight excluding hydrogens is 336 g/mol. The second-order valence-electron chi connectivity index (χ2n) is 5.73. The van der Waals surface area contributed by atoms with Crippen LogP contribution < -0.4 is 15.4 Å². The highest BCUT2D eigenvalue weighted by Crippen LogP contribution is 2.32. The molecule has 0 fully saturated rings. The molecule has 0 radical (unpaired) electrons. The molecule has 0 saturated carbocycles. The van der Waals surface area contributed by atoms with E-state index in [4.69, 9.17) is 4.74 Å². The largest absolute Gasteiger partial charge is 0.482 e. The number of benzene rings is 2. The lowest BCUT2D eigenvalue weighted by Gasteiger charge is -2.18. The van der Waals surface area contributed by atoms with Gasteiger partial charge in [-0.15, -0.1) is 0 Å². The van der Waals surface area contributed by atoms with Gasteiger partial charge >= 0.3 is 0 Å². The fourth-order valence-corrected chi connectivity index (χ4v) is 3.06. The van der Waals surface area contributed by atoms with E-state index in [0.717, 1.165) is 23.3 Å². The molecule has 0 atom stereocenters. The molecule has 25 heavy (non-hydrogen) atoms. The van der Waals surface area contributed by atoms with Crippen molar-refractivity contribution in [3.8, 4) is 16.9 Å². The monoisotopic (exact) mass is 356 g/mol. The van der Waals surface area contributed by atoms with Crippen molar-refractivity contribution in [2.24, 2.45) is 0 Å². The summed E-state index contributed by atoms with van der Waals surface area (Å²) in [6.07, 6.45) is 3.01. The van der Waals surface area contributed by atoms with Gasteiger partial charge in [-0.05, 0) is 53.8 Å². The molecule has 2 aromatic carbocycles. The Labute approximate surface area is 151 Å². The smallest absolute Gasteiger partial charge is 0.262 e. The molecule has 0 aliphatic carbocycles. The molecule has 0 bridgehead atoms. The number of carbonyl (C=O) groups is 2. The fraction of sp³-hybridized carbons (Fsp3) is 0.263. The maximum atomic E-state index is 12.3. The van der Waals surface area contributed by atoms with Gasteiger partial charge in [-0.25, -0.2) is 0 Å². The molecule has 0 aromatic heterocycles. The van der Waals surface area contributed by atoms with Crippen LogP contribution in [0.4, 0.5) is 5.69 Å². The lowest BCUT2D eigenvalue weighted by Crippen LogP contribution is -2.25. The van der Waals surface area contributed by atoms with Gasteiger partial charge < -0.3 is 15.4 Å². The second-order valence-corrected chi connectivity index (χ2v) is 6.72. The highest BCUT2D eigenvalue weighted by molar-refractivity contribution is 7.98.